The summed E-state index contributed by atoms with van der Waals surface area (Å²) >= 11 is 0. The largest absolute Gasteiger partial charge is 0.292 e. The van der Waals surface area contributed by atoms with Crippen LogP contribution in [0.15, 0.2) is 231 Å². The van der Waals surface area contributed by atoms with Crippen LogP contribution in [0.1, 0.15) is 0 Å². The average Bonchev–Trinajstić information content (AvgIpc) is 3.89. The quantitative estimate of drug-likeness (QED) is 0.137. The second-order valence-corrected chi connectivity index (χ2v) is 17.9. The van der Waals surface area contributed by atoms with E-state index in [2.05, 4.69) is 120 Å². The molecule has 0 aliphatic carbocycles. The molecule has 10 nitrogen and oxygen atoms in total. The summed E-state index contributed by atoms with van der Waals surface area (Å²) in [5.41, 5.74) is 15.1. The first-order valence-electron chi connectivity index (χ1n) is 24.0. The summed E-state index contributed by atoms with van der Waals surface area (Å²) in [6, 6.07) is 70.0. The van der Waals surface area contributed by atoms with Crippen LogP contribution in [0, 0.1) is 0 Å². The van der Waals surface area contributed by atoms with Crippen molar-refractivity contribution in [2.24, 2.45) is 0 Å². The molecule has 10 heteroatoms. The van der Waals surface area contributed by atoms with Crippen LogP contribution in [0.5, 0.6) is 0 Å². The lowest BCUT2D eigenvalue weighted by Gasteiger charge is -2.15. The number of imidazole rings is 1. The van der Waals surface area contributed by atoms with Crippen LogP contribution in [-0.2, 0) is 0 Å². The SMILES string of the molecule is c1ccc(-c2cc(-c3cc(-c4cc(-c5ccccc5)nc(-c5cnc6ccccc6c5)n4)cc(-c4nc5c6cccnc6c6ncccc6c5n4-c4ccccc4)c3)nc(-c3cnc4ccccc4c3)n2)cc1. The first kappa shape index (κ1) is 41.8. The second kappa shape index (κ2) is 17.3. The maximum Gasteiger partial charge on any atom is 0.161 e. The maximum absolute atomic E-state index is 5.64. The predicted octanol–water partition coefficient (Wildman–Crippen LogP) is 14.5. The Kier molecular flexibility index (Phi) is 9.92. The van der Waals surface area contributed by atoms with Crippen molar-refractivity contribution in [2.45, 2.75) is 0 Å². The lowest BCUT2D eigenvalue weighted by molar-refractivity contribution is 1.10. The van der Waals surface area contributed by atoms with E-state index in [1.54, 1.807) is 0 Å². The Morgan fingerprint density at radius 3 is 1.30 bits per heavy atom. The Labute approximate surface area is 418 Å². The number of rotatable bonds is 8. The fourth-order valence-corrected chi connectivity index (χ4v) is 9.85. The first-order chi connectivity index (χ1) is 36.1. The number of fused-ring (bicyclic) bond motifs is 8. The van der Waals surface area contributed by atoms with Crippen LogP contribution < -0.4 is 0 Å². The van der Waals surface area contributed by atoms with Crippen molar-refractivity contribution < 1.29 is 0 Å². The third-order valence-electron chi connectivity index (χ3n) is 13.3. The van der Waals surface area contributed by atoms with E-state index in [0.717, 1.165) is 116 Å². The third kappa shape index (κ3) is 7.49. The molecule has 7 aromatic heterocycles. The van der Waals surface area contributed by atoms with E-state index < -0.39 is 0 Å². The number of hydrogen-bond donors (Lipinski definition) is 0. The molecule has 0 atom stereocenters. The van der Waals surface area contributed by atoms with E-state index in [1.165, 1.54) is 0 Å². The van der Waals surface area contributed by atoms with Crippen molar-refractivity contribution in [2.75, 3.05) is 0 Å². The Balaban J connectivity index is 1.08. The highest BCUT2D eigenvalue weighted by atomic mass is 15.1. The predicted molar refractivity (Wildman–Crippen MR) is 292 cm³/mol. The minimum Gasteiger partial charge on any atom is -0.292 e. The van der Waals surface area contributed by atoms with Gasteiger partial charge >= 0.3 is 0 Å². The molecule has 0 saturated heterocycles. The molecule has 0 saturated carbocycles. The molecule has 0 bridgehead atoms. The van der Waals surface area contributed by atoms with E-state index in [-0.39, 0.29) is 0 Å². The molecule has 0 radical (unpaired) electrons. The smallest absolute Gasteiger partial charge is 0.161 e. The van der Waals surface area contributed by atoms with Gasteiger partial charge in [0, 0.05) is 91.0 Å². The molecule has 0 spiro atoms. The minimum atomic E-state index is 0.551. The summed E-state index contributed by atoms with van der Waals surface area (Å²) in [7, 11) is 0. The molecule has 14 rings (SSSR count). The number of hydrogen-bond acceptors (Lipinski definition) is 9. The summed E-state index contributed by atoms with van der Waals surface area (Å²) in [6.45, 7) is 0. The summed E-state index contributed by atoms with van der Waals surface area (Å²) in [4.78, 5) is 46.3. The van der Waals surface area contributed by atoms with E-state index in [1.807, 2.05) is 116 Å². The maximum atomic E-state index is 5.64. The second-order valence-electron chi connectivity index (χ2n) is 17.9. The van der Waals surface area contributed by atoms with Crippen molar-refractivity contribution in [1.29, 1.82) is 0 Å². The summed E-state index contributed by atoms with van der Waals surface area (Å²) < 4.78 is 2.25. The van der Waals surface area contributed by atoms with Crippen molar-refractivity contribution >= 4 is 54.6 Å². The molecule has 0 unspecified atom stereocenters. The summed E-state index contributed by atoms with van der Waals surface area (Å²) in [5, 5.41) is 3.85. The Morgan fingerprint density at radius 2 is 0.753 bits per heavy atom. The highest BCUT2D eigenvalue weighted by Crippen LogP contribution is 2.41. The molecule has 7 aromatic carbocycles. The van der Waals surface area contributed by atoms with Crippen LogP contribution in [0.3, 0.4) is 0 Å². The van der Waals surface area contributed by atoms with Gasteiger partial charge in [-0.25, -0.2) is 24.9 Å². The third-order valence-corrected chi connectivity index (χ3v) is 13.3. The minimum absolute atomic E-state index is 0.551. The first-order valence-corrected chi connectivity index (χ1v) is 24.0. The number of aromatic nitrogens is 10. The highest BCUT2D eigenvalue weighted by molar-refractivity contribution is 6.21. The van der Waals surface area contributed by atoms with Crippen molar-refractivity contribution in [3.8, 4) is 84.9 Å². The zero-order valence-electron chi connectivity index (χ0n) is 38.9. The fraction of sp³-hybridized carbons (Fsp3) is 0. The topological polar surface area (TPSA) is 121 Å². The Hall–Kier alpha value is -10.2. The molecule has 340 valence electrons. The molecule has 0 fully saturated rings. The van der Waals surface area contributed by atoms with Crippen LogP contribution in [-0.4, -0.2) is 49.4 Å². The van der Waals surface area contributed by atoms with Gasteiger partial charge in [-0.15, -0.1) is 0 Å². The number of nitrogens with zero attached hydrogens (tertiary/aromatic N) is 10. The van der Waals surface area contributed by atoms with Gasteiger partial charge in [0.1, 0.15) is 5.82 Å². The molecular weight excluding hydrogens is 897 g/mol. The fourth-order valence-electron chi connectivity index (χ4n) is 9.85. The monoisotopic (exact) mass is 934 g/mol. The molecule has 0 N–H and O–H groups in total. The molecule has 0 amide bonds. The van der Waals surface area contributed by atoms with Crippen molar-refractivity contribution in [3.05, 3.63) is 231 Å². The van der Waals surface area contributed by atoms with Crippen LogP contribution in [0.25, 0.3) is 140 Å². The normalized spacial score (nSPS) is 11.6. The zero-order valence-corrected chi connectivity index (χ0v) is 38.9. The van der Waals surface area contributed by atoms with Gasteiger partial charge < -0.3 is 0 Å². The van der Waals surface area contributed by atoms with E-state index >= 15 is 0 Å². The lowest BCUT2D eigenvalue weighted by atomic mass is 9.98. The Bertz CT molecular complexity index is 4260. The Morgan fingerprint density at radius 1 is 0.301 bits per heavy atom. The molecule has 14 aromatic rings. The van der Waals surface area contributed by atoms with E-state index in [4.69, 9.17) is 44.9 Å². The van der Waals surface area contributed by atoms with Gasteiger partial charge in [-0.05, 0) is 91.0 Å². The average molecular weight is 935 g/mol. The summed E-state index contributed by atoms with van der Waals surface area (Å²) in [6.07, 6.45) is 7.35. The van der Waals surface area contributed by atoms with Crippen LogP contribution in [0.2, 0.25) is 0 Å². The lowest BCUT2D eigenvalue weighted by Crippen LogP contribution is -2.01. The van der Waals surface area contributed by atoms with E-state index in [9.17, 15) is 0 Å². The van der Waals surface area contributed by atoms with Gasteiger partial charge in [0.2, 0.25) is 0 Å². The molecule has 73 heavy (non-hydrogen) atoms. The number of pyridine rings is 4. The molecular formula is C63H38N10. The number of para-hydroxylation sites is 3. The van der Waals surface area contributed by atoms with Gasteiger partial charge in [0.15, 0.2) is 11.6 Å². The standard InChI is InChI=1S/C63H38N10/c1-4-16-39(17-5-1)53-35-55(70-61(68-53)46-30-41-20-10-12-26-51(41)66-37-46)43-32-44(56-36-54(40-18-6-2-7-19-40)69-62(71-56)47-31-42-21-11-13-27-52(42)67-38-47)34-45(33-43)63-72-59-49-24-14-28-64-57(49)58-50(25-15-29-65-58)60(59)73(63)48-22-8-3-9-23-48/h1-38H. The van der Waals surface area contributed by atoms with Gasteiger partial charge in [-0.2, -0.15) is 0 Å². The molecule has 7 heterocycles. The zero-order chi connectivity index (χ0) is 48.2. The van der Waals surface area contributed by atoms with Gasteiger partial charge in [0.25, 0.3) is 0 Å². The van der Waals surface area contributed by atoms with Crippen molar-refractivity contribution in [1.82, 2.24) is 49.4 Å². The van der Waals surface area contributed by atoms with Gasteiger partial charge in [-0.3, -0.25) is 24.5 Å². The van der Waals surface area contributed by atoms with Gasteiger partial charge in [-0.1, -0.05) is 115 Å². The number of benzene rings is 7. The molecule has 0 aliphatic heterocycles. The van der Waals surface area contributed by atoms with Gasteiger partial charge in [0.05, 0.1) is 55.9 Å². The van der Waals surface area contributed by atoms with Crippen LogP contribution >= 0.6 is 0 Å². The highest BCUT2D eigenvalue weighted by Gasteiger charge is 2.24. The van der Waals surface area contributed by atoms with Crippen molar-refractivity contribution in [3.63, 3.8) is 0 Å². The van der Waals surface area contributed by atoms with E-state index in [0.29, 0.717) is 23.0 Å². The summed E-state index contributed by atoms with van der Waals surface area (Å²) in [5.74, 6) is 1.82. The van der Waals surface area contributed by atoms with Crippen LogP contribution in [0.4, 0.5) is 0 Å². The molecule has 0 aliphatic rings.